The number of hydrogen-bond donors (Lipinski definition) is 2. The molecule has 1 aromatic carbocycles. The van der Waals surface area contributed by atoms with E-state index in [1.807, 2.05) is 18.2 Å². The van der Waals surface area contributed by atoms with Crippen LogP contribution in [0.25, 0.3) is 0 Å². The first kappa shape index (κ1) is 16.3. The second-order valence-corrected chi connectivity index (χ2v) is 6.22. The zero-order valence-corrected chi connectivity index (χ0v) is 14.0. The quantitative estimate of drug-likeness (QED) is 0.670. The van der Waals surface area contributed by atoms with Gasteiger partial charge in [0.2, 0.25) is 5.91 Å². The van der Waals surface area contributed by atoms with Crippen molar-refractivity contribution in [3.8, 4) is 5.75 Å². The third kappa shape index (κ3) is 6.06. The van der Waals surface area contributed by atoms with Crippen LogP contribution in [0, 0.1) is 0 Å². The van der Waals surface area contributed by atoms with Crippen molar-refractivity contribution < 1.29 is 9.53 Å². The fourth-order valence-electron chi connectivity index (χ4n) is 1.97. The average molecular weight is 355 g/mol. The van der Waals surface area contributed by atoms with Gasteiger partial charge in [0.1, 0.15) is 5.75 Å². The number of ether oxygens (including phenoxy) is 1. The van der Waals surface area contributed by atoms with Gasteiger partial charge in [0.15, 0.2) is 0 Å². The summed E-state index contributed by atoms with van der Waals surface area (Å²) in [4.78, 5) is 11.6. The lowest BCUT2D eigenvalue weighted by Gasteiger charge is -2.10. The number of hydrogen-bond acceptors (Lipinski definition) is 3. The van der Waals surface area contributed by atoms with E-state index in [-0.39, 0.29) is 5.91 Å². The first-order valence-electron chi connectivity index (χ1n) is 7.60. The lowest BCUT2D eigenvalue weighted by Crippen LogP contribution is -2.26. The molecule has 2 rings (SSSR count). The van der Waals surface area contributed by atoms with Crippen molar-refractivity contribution in [1.82, 2.24) is 10.6 Å². The molecule has 0 atom stereocenters. The molecule has 0 saturated heterocycles. The van der Waals surface area contributed by atoms with Crippen LogP contribution < -0.4 is 15.4 Å². The summed E-state index contributed by atoms with van der Waals surface area (Å²) in [5.74, 6) is 0.894. The van der Waals surface area contributed by atoms with Gasteiger partial charge in [-0.05, 0) is 49.6 Å². The molecule has 1 fully saturated rings. The van der Waals surface area contributed by atoms with Crippen LogP contribution in [0.1, 0.15) is 38.2 Å². The molecule has 0 heterocycles. The molecule has 1 amide bonds. The average Bonchev–Trinajstić information content (AvgIpc) is 3.26. The van der Waals surface area contributed by atoms with Crippen LogP contribution in [-0.4, -0.2) is 25.1 Å². The Morgan fingerprint density at radius 2 is 2.24 bits per heavy atom. The molecule has 0 bridgehead atoms. The van der Waals surface area contributed by atoms with E-state index in [0.29, 0.717) is 19.1 Å². The lowest BCUT2D eigenvalue weighted by molar-refractivity contribution is -0.121. The van der Waals surface area contributed by atoms with E-state index in [2.05, 4.69) is 33.5 Å². The Labute approximate surface area is 134 Å². The van der Waals surface area contributed by atoms with Crippen LogP contribution in [-0.2, 0) is 11.3 Å². The largest absolute Gasteiger partial charge is 0.493 e. The molecule has 21 heavy (non-hydrogen) atoms. The van der Waals surface area contributed by atoms with Crippen molar-refractivity contribution in [2.45, 2.75) is 45.2 Å². The smallest absolute Gasteiger partial charge is 0.223 e. The Morgan fingerprint density at radius 3 is 2.95 bits per heavy atom. The number of benzene rings is 1. The molecule has 0 unspecified atom stereocenters. The minimum Gasteiger partial charge on any atom is -0.493 e. The van der Waals surface area contributed by atoms with E-state index >= 15 is 0 Å². The summed E-state index contributed by atoms with van der Waals surface area (Å²) in [5, 5.41) is 6.33. The van der Waals surface area contributed by atoms with E-state index in [9.17, 15) is 4.79 Å². The number of amides is 1. The summed E-state index contributed by atoms with van der Waals surface area (Å²) in [5.41, 5.74) is 1.17. The molecule has 0 aromatic heterocycles. The van der Waals surface area contributed by atoms with Gasteiger partial charge in [-0.15, -0.1) is 0 Å². The van der Waals surface area contributed by atoms with E-state index in [1.165, 1.54) is 5.56 Å². The molecular formula is C16H23BrN2O2. The minimum absolute atomic E-state index is 0.0828. The van der Waals surface area contributed by atoms with Crippen LogP contribution in [0.15, 0.2) is 22.7 Å². The Morgan fingerprint density at radius 1 is 1.43 bits per heavy atom. The van der Waals surface area contributed by atoms with Crippen LogP contribution in [0.5, 0.6) is 5.75 Å². The van der Waals surface area contributed by atoms with Crippen molar-refractivity contribution in [3.05, 3.63) is 28.2 Å². The van der Waals surface area contributed by atoms with Crippen LogP contribution >= 0.6 is 15.9 Å². The van der Waals surface area contributed by atoms with Gasteiger partial charge in [0.05, 0.1) is 13.0 Å². The number of carbonyl (C=O) groups is 1. The molecular weight excluding hydrogens is 332 g/mol. The lowest BCUT2D eigenvalue weighted by atomic mass is 10.2. The molecule has 0 radical (unpaired) electrons. The monoisotopic (exact) mass is 354 g/mol. The molecule has 0 spiro atoms. The molecule has 1 aliphatic carbocycles. The van der Waals surface area contributed by atoms with Gasteiger partial charge in [-0.1, -0.05) is 22.9 Å². The molecule has 5 heteroatoms. The maximum absolute atomic E-state index is 11.6. The molecule has 2 N–H and O–H groups in total. The Balaban J connectivity index is 1.76. The zero-order chi connectivity index (χ0) is 15.1. The Hall–Kier alpha value is -1.07. The number of rotatable bonds is 9. The van der Waals surface area contributed by atoms with Crippen molar-refractivity contribution >= 4 is 21.8 Å². The van der Waals surface area contributed by atoms with Crippen LogP contribution in [0.3, 0.4) is 0 Å². The molecule has 1 aromatic rings. The van der Waals surface area contributed by atoms with Gasteiger partial charge in [-0.2, -0.15) is 0 Å². The van der Waals surface area contributed by atoms with Gasteiger partial charge >= 0.3 is 0 Å². The topological polar surface area (TPSA) is 50.4 Å². The SMILES string of the molecule is CCCNCc1cc(OCCC(=O)NC2CC2)ccc1Br. The predicted octanol–water partition coefficient (Wildman–Crippen LogP) is 3.00. The van der Waals surface area contributed by atoms with Gasteiger partial charge in [0, 0.05) is 17.1 Å². The van der Waals surface area contributed by atoms with Crippen molar-refractivity contribution in [1.29, 1.82) is 0 Å². The maximum Gasteiger partial charge on any atom is 0.223 e. The second kappa shape index (κ2) is 8.39. The highest BCUT2D eigenvalue weighted by Crippen LogP contribution is 2.23. The minimum atomic E-state index is 0.0828. The summed E-state index contributed by atoms with van der Waals surface area (Å²) in [7, 11) is 0. The number of carbonyl (C=O) groups excluding carboxylic acids is 1. The highest BCUT2D eigenvalue weighted by Gasteiger charge is 2.22. The third-order valence-electron chi connectivity index (χ3n) is 3.30. The highest BCUT2D eigenvalue weighted by atomic mass is 79.9. The van der Waals surface area contributed by atoms with Crippen molar-refractivity contribution in [3.63, 3.8) is 0 Å². The standard InChI is InChI=1S/C16H23BrN2O2/c1-2-8-18-11-12-10-14(5-6-15(12)17)21-9-7-16(20)19-13-3-4-13/h5-6,10,13,18H,2-4,7-9,11H2,1H3,(H,19,20). The Bertz CT molecular complexity index is 475. The summed E-state index contributed by atoms with van der Waals surface area (Å²) in [6.07, 6.45) is 3.76. The number of halogens is 1. The summed E-state index contributed by atoms with van der Waals surface area (Å²) in [6.45, 7) is 4.38. The normalized spacial score (nSPS) is 14.0. The van der Waals surface area contributed by atoms with Gasteiger partial charge in [-0.25, -0.2) is 0 Å². The summed E-state index contributed by atoms with van der Waals surface area (Å²) in [6, 6.07) is 6.35. The zero-order valence-electron chi connectivity index (χ0n) is 12.5. The van der Waals surface area contributed by atoms with Crippen molar-refractivity contribution in [2.75, 3.05) is 13.2 Å². The highest BCUT2D eigenvalue weighted by molar-refractivity contribution is 9.10. The fourth-order valence-corrected chi connectivity index (χ4v) is 2.35. The van der Waals surface area contributed by atoms with Crippen LogP contribution in [0.4, 0.5) is 0 Å². The Kier molecular flexibility index (Phi) is 6.51. The molecule has 1 saturated carbocycles. The second-order valence-electron chi connectivity index (χ2n) is 5.37. The first-order valence-corrected chi connectivity index (χ1v) is 8.39. The fraction of sp³-hybridized carbons (Fsp3) is 0.562. The molecule has 0 aliphatic heterocycles. The van der Waals surface area contributed by atoms with Gasteiger partial charge < -0.3 is 15.4 Å². The maximum atomic E-state index is 11.6. The summed E-state index contributed by atoms with van der Waals surface area (Å²) >= 11 is 3.55. The van der Waals surface area contributed by atoms with E-state index in [1.54, 1.807) is 0 Å². The predicted molar refractivity (Wildman–Crippen MR) is 87.4 cm³/mol. The van der Waals surface area contributed by atoms with Gasteiger partial charge in [-0.3, -0.25) is 4.79 Å². The van der Waals surface area contributed by atoms with Crippen molar-refractivity contribution in [2.24, 2.45) is 0 Å². The van der Waals surface area contributed by atoms with Crippen LogP contribution in [0.2, 0.25) is 0 Å². The molecule has 1 aliphatic rings. The number of nitrogens with one attached hydrogen (secondary N) is 2. The van der Waals surface area contributed by atoms with E-state index < -0.39 is 0 Å². The molecule has 4 nitrogen and oxygen atoms in total. The first-order chi connectivity index (χ1) is 10.2. The van der Waals surface area contributed by atoms with E-state index in [0.717, 1.165) is 42.6 Å². The third-order valence-corrected chi connectivity index (χ3v) is 4.07. The molecule has 116 valence electrons. The summed E-state index contributed by atoms with van der Waals surface area (Å²) < 4.78 is 6.75. The van der Waals surface area contributed by atoms with E-state index in [4.69, 9.17) is 4.74 Å². The van der Waals surface area contributed by atoms with Gasteiger partial charge in [0.25, 0.3) is 0 Å².